The van der Waals surface area contributed by atoms with Crippen molar-refractivity contribution in [3.63, 3.8) is 0 Å². The van der Waals surface area contributed by atoms with Gasteiger partial charge in [-0.2, -0.15) is 0 Å². The van der Waals surface area contributed by atoms with Gasteiger partial charge in [-0.05, 0) is 41.5 Å². The molecule has 3 aromatic rings. The second-order valence-electron chi connectivity index (χ2n) is 4.57. The second-order valence-corrected chi connectivity index (χ2v) is 4.57. The highest BCUT2D eigenvalue weighted by Crippen LogP contribution is 2.30. The molecule has 0 spiro atoms. The van der Waals surface area contributed by atoms with Gasteiger partial charge in [0, 0.05) is 11.5 Å². The first-order valence-electron chi connectivity index (χ1n) is 6.47. The summed E-state index contributed by atoms with van der Waals surface area (Å²) in [5, 5.41) is 0.833. The van der Waals surface area contributed by atoms with Crippen LogP contribution in [0.15, 0.2) is 57.7 Å². The Morgan fingerprint density at radius 2 is 1.52 bits per heavy atom. The van der Waals surface area contributed by atoms with E-state index in [1.807, 2.05) is 30.3 Å². The fraction of sp³-hybridized carbons (Fsp3) is 0.118. The topological polar surface area (TPSA) is 48.7 Å². The minimum atomic E-state index is -0.376. The normalized spacial score (nSPS) is 10.6. The summed E-state index contributed by atoms with van der Waals surface area (Å²) in [6.07, 6.45) is 0. The van der Waals surface area contributed by atoms with Crippen molar-refractivity contribution in [1.82, 2.24) is 0 Å². The van der Waals surface area contributed by atoms with Crippen LogP contribution < -0.4 is 15.1 Å². The van der Waals surface area contributed by atoms with E-state index in [0.717, 1.165) is 22.3 Å². The van der Waals surface area contributed by atoms with Gasteiger partial charge in [0.1, 0.15) is 17.1 Å². The van der Waals surface area contributed by atoms with E-state index in [9.17, 15) is 4.79 Å². The van der Waals surface area contributed by atoms with Crippen molar-refractivity contribution in [1.29, 1.82) is 0 Å². The van der Waals surface area contributed by atoms with E-state index in [2.05, 4.69) is 0 Å². The van der Waals surface area contributed by atoms with Gasteiger partial charge in [0.2, 0.25) is 0 Å². The van der Waals surface area contributed by atoms with Crippen LogP contribution >= 0.6 is 0 Å². The smallest absolute Gasteiger partial charge is 0.336 e. The fourth-order valence-corrected chi connectivity index (χ4v) is 2.28. The van der Waals surface area contributed by atoms with Crippen LogP contribution in [0, 0.1) is 0 Å². The number of hydrogen-bond donors (Lipinski definition) is 0. The molecule has 3 rings (SSSR count). The lowest BCUT2D eigenvalue weighted by molar-refractivity contribution is 0.414. The summed E-state index contributed by atoms with van der Waals surface area (Å²) in [5.74, 6) is 1.48. The standard InChI is InChI=1S/C17H14O4/c1-19-12-5-3-11(4-6-12)14-10-17(18)21-16-8-7-13(20-2)9-15(14)16/h3-10H,1-2H3. The maximum atomic E-state index is 11.7. The molecule has 2 aromatic carbocycles. The zero-order chi connectivity index (χ0) is 14.8. The Bertz CT molecular complexity index is 832. The van der Waals surface area contributed by atoms with Crippen LogP contribution in [-0.2, 0) is 0 Å². The SMILES string of the molecule is COc1ccc(-c2cc(=O)oc3ccc(OC)cc23)cc1. The van der Waals surface area contributed by atoms with Crippen LogP contribution in [0.1, 0.15) is 0 Å². The number of benzene rings is 2. The summed E-state index contributed by atoms with van der Waals surface area (Å²) in [7, 11) is 3.22. The first-order valence-corrected chi connectivity index (χ1v) is 6.47. The molecule has 4 nitrogen and oxygen atoms in total. The number of ether oxygens (including phenoxy) is 2. The summed E-state index contributed by atoms with van der Waals surface area (Å²) in [6, 6.07) is 14.4. The molecule has 0 aliphatic rings. The summed E-state index contributed by atoms with van der Waals surface area (Å²) in [5.41, 5.74) is 1.89. The molecule has 0 amide bonds. The van der Waals surface area contributed by atoms with Crippen LogP contribution in [0.4, 0.5) is 0 Å². The molecule has 21 heavy (non-hydrogen) atoms. The van der Waals surface area contributed by atoms with E-state index in [1.54, 1.807) is 26.4 Å². The van der Waals surface area contributed by atoms with E-state index < -0.39 is 0 Å². The predicted molar refractivity (Wildman–Crippen MR) is 81.0 cm³/mol. The van der Waals surface area contributed by atoms with Gasteiger partial charge in [0.25, 0.3) is 0 Å². The average molecular weight is 282 g/mol. The number of rotatable bonds is 3. The molecule has 0 bridgehead atoms. The third-order valence-corrected chi connectivity index (χ3v) is 3.35. The Hall–Kier alpha value is -2.75. The largest absolute Gasteiger partial charge is 0.497 e. The van der Waals surface area contributed by atoms with Gasteiger partial charge < -0.3 is 13.9 Å². The first-order chi connectivity index (χ1) is 10.2. The molecular formula is C17H14O4. The third kappa shape index (κ3) is 2.48. The molecule has 4 heteroatoms. The minimum Gasteiger partial charge on any atom is -0.497 e. The van der Waals surface area contributed by atoms with E-state index in [1.165, 1.54) is 6.07 Å². The Kier molecular flexibility index (Phi) is 3.36. The van der Waals surface area contributed by atoms with Crippen molar-refractivity contribution < 1.29 is 13.9 Å². The molecule has 0 saturated heterocycles. The van der Waals surface area contributed by atoms with Gasteiger partial charge in [-0.15, -0.1) is 0 Å². The van der Waals surface area contributed by atoms with Crippen molar-refractivity contribution in [3.05, 3.63) is 59.0 Å². The quantitative estimate of drug-likeness (QED) is 0.690. The Morgan fingerprint density at radius 3 is 2.19 bits per heavy atom. The third-order valence-electron chi connectivity index (χ3n) is 3.35. The van der Waals surface area contributed by atoms with Crippen molar-refractivity contribution >= 4 is 11.0 Å². The molecular weight excluding hydrogens is 268 g/mol. The van der Waals surface area contributed by atoms with Crippen molar-refractivity contribution in [2.24, 2.45) is 0 Å². The predicted octanol–water partition coefficient (Wildman–Crippen LogP) is 3.48. The van der Waals surface area contributed by atoms with Crippen LogP contribution in [0.25, 0.3) is 22.1 Å². The highest BCUT2D eigenvalue weighted by molar-refractivity contribution is 5.94. The zero-order valence-electron chi connectivity index (χ0n) is 11.8. The summed E-state index contributed by atoms with van der Waals surface area (Å²) < 4.78 is 15.6. The van der Waals surface area contributed by atoms with E-state index in [4.69, 9.17) is 13.9 Å². The van der Waals surface area contributed by atoms with Gasteiger partial charge >= 0.3 is 5.63 Å². The van der Waals surface area contributed by atoms with Gasteiger partial charge in [-0.3, -0.25) is 0 Å². The molecule has 0 fully saturated rings. The second kappa shape index (κ2) is 5.32. The summed E-state index contributed by atoms with van der Waals surface area (Å²) in [6.45, 7) is 0. The van der Waals surface area contributed by atoms with Crippen LogP contribution in [0.2, 0.25) is 0 Å². The molecule has 1 aromatic heterocycles. The van der Waals surface area contributed by atoms with Gasteiger partial charge in [-0.1, -0.05) is 12.1 Å². The van der Waals surface area contributed by atoms with Gasteiger partial charge in [-0.25, -0.2) is 4.79 Å². The Labute approximate surface area is 121 Å². The zero-order valence-corrected chi connectivity index (χ0v) is 11.8. The van der Waals surface area contributed by atoms with Crippen molar-refractivity contribution in [3.8, 4) is 22.6 Å². The molecule has 0 aliphatic heterocycles. The van der Waals surface area contributed by atoms with E-state index >= 15 is 0 Å². The van der Waals surface area contributed by atoms with Crippen LogP contribution in [0.3, 0.4) is 0 Å². The van der Waals surface area contributed by atoms with Crippen LogP contribution in [0.5, 0.6) is 11.5 Å². The van der Waals surface area contributed by atoms with Crippen molar-refractivity contribution in [2.45, 2.75) is 0 Å². The molecule has 0 saturated carbocycles. The van der Waals surface area contributed by atoms with E-state index in [0.29, 0.717) is 11.3 Å². The van der Waals surface area contributed by atoms with Crippen molar-refractivity contribution in [2.75, 3.05) is 14.2 Å². The molecule has 0 unspecified atom stereocenters. The molecule has 0 atom stereocenters. The summed E-state index contributed by atoms with van der Waals surface area (Å²) >= 11 is 0. The fourth-order valence-electron chi connectivity index (χ4n) is 2.28. The minimum absolute atomic E-state index is 0.376. The monoisotopic (exact) mass is 282 g/mol. The first kappa shape index (κ1) is 13.2. The lowest BCUT2D eigenvalue weighted by Gasteiger charge is -2.08. The lowest BCUT2D eigenvalue weighted by atomic mass is 10.0. The maximum Gasteiger partial charge on any atom is 0.336 e. The number of fused-ring (bicyclic) bond motifs is 1. The average Bonchev–Trinajstić information content (AvgIpc) is 2.53. The summed E-state index contributed by atoms with van der Waals surface area (Å²) in [4.78, 5) is 11.7. The number of hydrogen-bond acceptors (Lipinski definition) is 4. The maximum absolute atomic E-state index is 11.7. The number of methoxy groups -OCH3 is 2. The van der Waals surface area contributed by atoms with Crippen LogP contribution in [-0.4, -0.2) is 14.2 Å². The van der Waals surface area contributed by atoms with Gasteiger partial charge in [0.15, 0.2) is 0 Å². The van der Waals surface area contributed by atoms with E-state index in [-0.39, 0.29) is 5.63 Å². The molecule has 0 radical (unpaired) electrons. The molecule has 0 N–H and O–H groups in total. The van der Waals surface area contributed by atoms with Gasteiger partial charge in [0.05, 0.1) is 14.2 Å². The molecule has 106 valence electrons. The Morgan fingerprint density at radius 1 is 0.857 bits per heavy atom. The highest BCUT2D eigenvalue weighted by atomic mass is 16.5. The highest BCUT2D eigenvalue weighted by Gasteiger charge is 2.09. The Balaban J connectivity index is 2.26. The molecule has 0 aliphatic carbocycles. The molecule has 1 heterocycles. The lowest BCUT2D eigenvalue weighted by Crippen LogP contribution is -1.98.